The van der Waals surface area contributed by atoms with Crippen molar-refractivity contribution >= 4 is 17.7 Å². The molecule has 0 aliphatic carbocycles. The van der Waals surface area contributed by atoms with E-state index in [1.165, 1.54) is 11.8 Å². The molecule has 1 aromatic carbocycles. The Balaban J connectivity index is 1.94. The van der Waals surface area contributed by atoms with Gasteiger partial charge in [0.25, 0.3) is 0 Å². The van der Waals surface area contributed by atoms with Crippen molar-refractivity contribution in [2.24, 2.45) is 0 Å². The van der Waals surface area contributed by atoms with Crippen molar-refractivity contribution in [3.63, 3.8) is 0 Å². The van der Waals surface area contributed by atoms with Crippen molar-refractivity contribution < 1.29 is 19.4 Å². The summed E-state index contributed by atoms with van der Waals surface area (Å²) >= 11 is 0. The van der Waals surface area contributed by atoms with Gasteiger partial charge in [-0.15, -0.1) is 0 Å². The zero-order valence-electron chi connectivity index (χ0n) is 13.3. The number of rotatable bonds is 4. The SMILES string of the molecule is Cc1ccc(NC(=O)CCN2C(=O)OC(C)(C)[C@]2(C)O)cc1. The van der Waals surface area contributed by atoms with Crippen LogP contribution < -0.4 is 5.32 Å². The number of ether oxygens (including phenoxy) is 1. The molecule has 1 atom stereocenters. The molecule has 6 nitrogen and oxygen atoms in total. The number of aliphatic hydroxyl groups is 1. The van der Waals surface area contributed by atoms with Crippen LogP contribution in [-0.4, -0.2) is 39.9 Å². The summed E-state index contributed by atoms with van der Waals surface area (Å²) in [6.45, 7) is 6.84. The number of hydrogen-bond acceptors (Lipinski definition) is 4. The molecule has 1 aliphatic heterocycles. The Hall–Kier alpha value is -2.08. The molecule has 1 fully saturated rings. The van der Waals surface area contributed by atoms with Gasteiger partial charge in [0.2, 0.25) is 5.91 Å². The van der Waals surface area contributed by atoms with E-state index in [4.69, 9.17) is 4.74 Å². The Labute approximate surface area is 130 Å². The lowest BCUT2D eigenvalue weighted by Crippen LogP contribution is -2.54. The summed E-state index contributed by atoms with van der Waals surface area (Å²) in [6.07, 6.45) is -0.534. The van der Waals surface area contributed by atoms with E-state index in [0.717, 1.165) is 5.56 Å². The summed E-state index contributed by atoms with van der Waals surface area (Å²) in [5.74, 6) is -0.225. The smallest absolute Gasteiger partial charge is 0.412 e. The van der Waals surface area contributed by atoms with Crippen molar-refractivity contribution in [2.45, 2.75) is 45.4 Å². The number of amides is 2. The summed E-state index contributed by atoms with van der Waals surface area (Å²) in [6, 6.07) is 7.44. The molecule has 0 bridgehead atoms. The van der Waals surface area contributed by atoms with Crippen LogP contribution in [-0.2, 0) is 9.53 Å². The van der Waals surface area contributed by atoms with Crippen LogP contribution in [0.1, 0.15) is 32.8 Å². The molecule has 1 aromatic rings. The monoisotopic (exact) mass is 306 g/mol. The second-order valence-electron chi connectivity index (χ2n) is 6.21. The van der Waals surface area contributed by atoms with Gasteiger partial charge >= 0.3 is 6.09 Å². The van der Waals surface area contributed by atoms with E-state index < -0.39 is 17.4 Å². The fourth-order valence-corrected chi connectivity index (χ4v) is 2.26. The van der Waals surface area contributed by atoms with Gasteiger partial charge in [-0.2, -0.15) is 0 Å². The molecule has 120 valence electrons. The third-order valence-corrected chi connectivity index (χ3v) is 4.13. The first-order chi connectivity index (χ1) is 10.1. The van der Waals surface area contributed by atoms with Gasteiger partial charge in [-0.1, -0.05) is 17.7 Å². The van der Waals surface area contributed by atoms with Crippen LogP contribution >= 0.6 is 0 Å². The molecule has 6 heteroatoms. The number of nitrogens with one attached hydrogen (secondary N) is 1. The maximum atomic E-state index is 12.0. The fourth-order valence-electron chi connectivity index (χ4n) is 2.26. The lowest BCUT2D eigenvalue weighted by molar-refractivity contribution is -0.130. The number of benzene rings is 1. The molecule has 0 radical (unpaired) electrons. The predicted octanol–water partition coefficient (Wildman–Crippen LogP) is 2.26. The van der Waals surface area contributed by atoms with E-state index in [2.05, 4.69) is 5.32 Å². The van der Waals surface area contributed by atoms with Crippen LogP contribution in [0, 0.1) is 6.92 Å². The number of nitrogens with zero attached hydrogens (tertiary/aromatic N) is 1. The Kier molecular flexibility index (Phi) is 4.15. The van der Waals surface area contributed by atoms with Crippen molar-refractivity contribution in [1.29, 1.82) is 0 Å². The first-order valence-corrected chi connectivity index (χ1v) is 7.23. The second-order valence-corrected chi connectivity index (χ2v) is 6.21. The van der Waals surface area contributed by atoms with Crippen LogP contribution in [0.5, 0.6) is 0 Å². The first kappa shape index (κ1) is 16.3. The van der Waals surface area contributed by atoms with Gasteiger partial charge in [0.05, 0.1) is 0 Å². The maximum absolute atomic E-state index is 12.0. The maximum Gasteiger partial charge on any atom is 0.412 e. The van der Waals surface area contributed by atoms with Crippen molar-refractivity contribution in [2.75, 3.05) is 11.9 Å². The zero-order chi connectivity index (χ0) is 16.5. The lowest BCUT2D eigenvalue weighted by Gasteiger charge is -2.34. The highest BCUT2D eigenvalue weighted by molar-refractivity contribution is 5.91. The third kappa shape index (κ3) is 3.06. The quantitative estimate of drug-likeness (QED) is 0.894. The predicted molar refractivity (Wildman–Crippen MR) is 82.3 cm³/mol. The van der Waals surface area contributed by atoms with E-state index in [1.54, 1.807) is 13.8 Å². The molecule has 2 N–H and O–H groups in total. The van der Waals surface area contributed by atoms with E-state index in [9.17, 15) is 14.7 Å². The second kappa shape index (κ2) is 5.61. The van der Waals surface area contributed by atoms with Gasteiger partial charge in [-0.25, -0.2) is 4.79 Å². The first-order valence-electron chi connectivity index (χ1n) is 7.23. The van der Waals surface area contributed by atoms with Crippen molar-refractivity contribution in [3.8, 4) is 0 Å². The Morgan fingerprint density at radius 3 is 2.36 bits per heavy atom. The molecule has 1 saturated heterocycles. The number of anilines is 1. The summed E-state index contributed by atoms with van der Waals surface area (Å²) in [5, 5.41) is 13.2. The van der Waals surface area contributed by atoms with Crippen LogP contribution in [0.25, 0.3) is 0 Å². The summed E-state index contributed by atoms with van der Waals surface area (Å²) in [7, 11) is 0. The molecule has 1 heterocycles. The van der Waals surface area contributed by atoms with Gasteiger partial charge in [0, 0.05) is 18.7 Å². The van der Waals surface area contributed by atoms with Crippen LogP contribution in [0.15, 0.2) is 24.3 Å². The fraction of sp³-hybridized carbons (Fsp3) is 0.500. The van der Waals surface area contributed by atoms with Crippen LogP contribution in [0.2, 0.25) is 0 Å². The molecule has 22 heavy (non-hydrogen) atoms. The van der Waals surface area contributed by atoms with Crippen molar-refractivity contribution in [1.82, 2.24) is 4.90 Å². The van der Waals surface area contributed by atoms with E-state index in [0.29, 0.717) is 5.69 Å². The average molecular weight is 306 g/mol. The molecule has 0 unspecified atom stereocenters. The largest absolute Gasteiger partial charge is 0.438 e. The molecule has 2 rings (SSSR count). The standard InChI is InChI=1S/C16H22N2O4/c1-11-5-7-12(8-6-11)17-13(19)9-10-18-14(20)22-15(2,3)16(18,4)21/h5-8,21H,9-10H2,1-4H3,(H,17,19)/t16-/m0/s1. The van der Waals surface area contributed by atoms with Crippen LogP contribution in [0.4, 0.5) is 10.5 Å². The third-order valence-electron chi connectivity index (χ3n) is 4.13. The zero-order valence-corrected chi connectivity index (χ0v) is 13.3. The summed E-state index contributed by atoms with van der Waals surface area (Å²) < 4.78 is 5.15. The van der Waals surface area contributed by atoms with Gasteiger partial charge < -0.3 is 15.2 Å². The molecule has 0 aromatic heterocycles. The topological polar surface area (TPSA) is 78.9 Å². The molecule has 0 spiro atoms. The molecule has 1 aliphatic rings. The van der Waals surface area contributed by atoms with Gasteiger partial charge in [-0.3, -0.25) is 9.69 Å². The number of hydrogen-bond donors (Lipinski definition) is 2. The number of carbonyl (C=O) groups excluding carboxylic acids is 2. The number of cyclic esters (lactones) is 1. The van der Waals surface area contributed by atoms with E-state index in [1.807, 2.05) is 31.2 Å². The van der Waals surface area contributed by atoms with Crippen molar-refractivity contribution in [3.05, 3.63) is 29.8 Å². The highest BCUT2D eigenvalue weighted by Gasteiger charge is 2.56. The Bertz CT molecular complexity index is 578. The number of aryl methyl sites for hydroxylation is 1. The Morgan fingerprint density at radius 2 is 1.86 bits per heavy atom. The molecule has 0 saturated carbocycles. The van der Waals surface area contributed by atoms with Gasteiger partial charge in [0.1, 0.15) is 0 Å². The average Bonchev–Trinajstić information content (AvgIpc) is 2.55. The minimum Gasteiger partial charge on any atom is -0.438 e. The van der Waals surface area contributed by atoms with Gasteiger partial charge in [-0.05, 0) is 39.8 Å². The lowest BCUT2D eigenvalue weighted by atomic mass is 9.96. The van der Waals surface area contributed by atoms with Gasteiger partial charge in [0.15, 0.2) is 11.3 Å². The normalized spacial score (nSPS) is 23.3. The molecule has 2 amide bonds. The highest BCUT2D eigenvalue weighted by Crippen LogP contribution is 2.36. The van der Waals surface area contributed by atoms with Crippen LogP contribution in [0.3, 0.4) is 0 Å². The van der Waals surface area contributed by atoms with E-state index in [-0.39, 0.29) is 18.9 Å². The minimum absolute atomic E-state index is 0.0786. The summed E-state index contributed by atoms with van der Waals surface area (Å²) in [5.41, 5.74) is -0.658. The van der Waals surface area contributed by atoms with E-state index >= 15 is 0 Å². The summed E-state index contributed by atoms with van der Waals surface area (Å²) in [4.78, 5) is 25.0. The highest BCUT2D eigenvalue weighted by atomic mass is 16.6. The number of carbonyl (C=O) groups is 2. The molecular formula is C16H22N2O4. The minimum atomic E-state index is -1.45. The Morgan fingerprint density at radius 1 is 1.27 bits per heavy atom. The molecular weight excluding hydrogens is 284 g/mol.